The molecule has 1 aliphatic carbocycles. The Morgan fingerprint density at radius 3 is 2.46 bits per heavy atom. The van der Waals surface area contributed by atoms with Crippen LogP contribution in [0.1, 0.15) is 48.5 Å². The molecule has 8 heteroatoms. The topological polar surface area (TPSA) is 90.2 Å². The number of furan rings is 1. The molecule has 0 spiro atoms. The molecular formula is C33H34N2O6. The fourth-order valence-electron chi connectivity index (χ4n) is 6.02. The summed E-state index contributed by atoms with van der Waals surface area (Å²) in [6.45, 7) is 5.05. The van der Waals surface area contributed by atoms with Gasteiger partial charge in [-0.05, 0) is 60.9 Å². The molecule has 2 atom stereocenters. The maximum Gasteiger partial charge on any atom is 0.337 e. The van der Waals surface area contributed by atoms with Crippen molar-refractivity contribution in [2.24, 2.45) is 0 Å². The van der Waals surface area contributed by atoms with Crippen molar-refractivity contribution in [1.29, 1.82) is 0 Å². The van der Waals surface area contributed by atoms with Crippen LogP contribution >= 0.6 is 0 Å². The van der Waals surface area contributed by atoms with E-state index < -0.39 is 11.9 Å². The number of hydrogen-bond acceptors (Lipinski definition) is 8. The van der Waals surface area contributed by atoms with Crippen molar-refractivity contribution in [1.82, 2.24) is 5.32 Å². The number of ketones is 1. The minimum atomic E-state index is -0.529. The van der Waals surface area contributed by atoms with Crippen LogP contribution in [0.3, 0.4) is 0 Å². The van der Waals surface area contributed by atoms with Gasteiger partial charge in [0.15, 0.2) is 5.78 Å². The van der Waals surface area contributed by atoms with Gasteiger partial charge in [-0.1, -0.05) is 24.3 Å². The highest BCUT2D eigenvalue weighted by molar-refractivity contribution is 6.04. The van der Waals surface area contributed by atoms with Crippen LogP contribution in [0.4, 0.5) is 5.69 Å². The molecule has 2 aliphatic heterocycles. The normalized spacial score (nSPS) is 20.9. The minimum absolute atomic E-state index is 0.00959. The van der Waals surface area contributed by atoms with Gasteiger partial charge in [-0.2, -0.15) is 0 Å². The Hall–Kier alpha value is -4.30. The Balaban J connectivity index is 1.32. The maximum absolute atomic E-state index is 13.8. The van der Waals surface area contributed by atoms with Crippen LogP contribution in [0.2, 0.25) is 0 Å². The number of carbonyl (C=O) groups is 2. The van der Waals surface area contributed by atoms with Gasteiger partial charge in [-0.3, -0.25) is 4.79 Å². The number of hydrogen-bond donors (Lipinski definition) is 1. The number of benzene rings is 2. The first-order valence-corrected chi connectivity index (χ1v) is 14.0. The third-order valence-electron chi connectivity index (χ3n) is 8.12. The zero-order valence-electron chi connectivity index (χ0n) is 23.4. The van der Waals surface area contributed by atoms with E-state index in [1.807, 2.05) is 55.5 Å². The third kappa shape index (κ3) is 5.52. The second-order valence-corrected chi connectivity index (χ2v) is 10.6. The Labute approximate surface area is 239 Å². The highest BCUT2D eigenvalue weighted by Crippen LogP contribution is 2.46. The van der Waals surface area contributed by atoms with Gasteiger partial charge in [-0.15, -0.1) is 0 Å². The number of nitrogens with one attached hydrogen (secondary N) is 1. The lowest BCUT2D eigenvalue weighted by Gasteiger charge is -2.36. The quantitative estimate of drug-likeness (QED) is 0.397. The van der Waals surface area contributed by atoms with E-state index in [1.54, 1.807) is 13.4 Å². The monoisotopic (exact) mass is 554 g/mol. The first-order valence-electron chi connectivity index (χ1n) is 14.0. The average Bonchev–Trinajstić information content (AvgIpc) is 3.55. The van der Waals surface area contributed by atoms with Gasteiger partial charge >= 0.3 is 5.97 Å². The molecule has 212 valence electrons. The molecule has 0 radical (unpaired) electrons. The van der Waals surface area contributed by atoms with Crippen molar-refractivity contribution in [2.75, 3.05) is 38.3 Å². The van der Waals surface area contributed by atoms with Crippen LogP contribution in [-0.2, 0) is 25.7 Å². The van der Waals surface area contributed by atoms with Gasteiger partial charge in [0.05, 0.1) is 32.2 Å². The highest BCUT2D eigenvalue weighted by atomic mass is 16.5. The number of methoxy groups -OCH3 is 1. The van der Waals surface area contributed by atoms with Crippen molar-refractivity contribution in [3.8, 4) is 5.75 Å². The molecule has 6 rings (SSSR count). The number of Topliss-reactive ketones (excluding diaryl/α,β-unsaturated/α-hetero) is 1. The summed E-state index contributed by atoms with van der Waals surface area (Å²) in [5, 5.41) is 3.40. The lowest BCUT2D eigenvalue weighted by Crippen LogP contribution is -2.36. The van der Waals surface area contributed by atoms with Gasteiger partial charge < -0.3 is 28.8 Å². The summed E-state index contributed by atoms with van der Waals surface area (Å²) in [5.74, 6) is 0.516. The number of allylic oxidation sites excluding steroid dienone is 3. The number of nitrogens with zero attached hydrogens (tertiary/aromatic N) is 1. The van der Waals surface area contributed by atoms with Crippen LogP contribution in [0.5, 0.6) is 5.75 Å². The van der Waals surface area contributed by atoms with Gasteiger partial charge in [-0.25, -0.2) is 4.79 Å². The number of carbonyl (C=O) groups excluding carboxylic acids is 2. The third-order valence-corrected chi connectivity index (χ3v) is 8.12. The first-order chi connectivity index (χ1) is 20.0. The van der Waals surface area contributed by atoms with E-state index in [0.717, 1.165) is 47.1 Å². The predicted octanol–water partition coefficient (Wildman–Crippen LogP) is 5.23. The molecule has 3 aromatic rings. The molecule has 8 nitrogen and oxygen atoms in total. The lowest BCUT2D eigenvalue weighted by molar-refractivity contribution is -0.140. The summed E-state index contributed by atoms with van der Waals surface area (Å²) < 4.78 is 22.2. The van der Waals surface area contributed by atoms with Gasteiger partial charge in [0.1, 0.15) is 18.1 Å². The summed E-state index contributed by atoms with van der Waals surface area (Å²) in [5.41, 5.74) is 5.46. The van der Waals surface area contributed by atoms with Gasteiger partial charge in [0.2, 0.25) is 0 Å². The van der Waals surface area contributed by atoms with Crippen molar-refractivity contribution in [3.63, 3.8) is 0 Å². The molecule has 0 unspecified atom stereocenters. The number of esters is 1. The van der Waals surface area contributed by atoms with Crippen molar-refractivity contribution in [2.45, 2.75) is 38.2 Å². The summed E-state index contributed by atoms with van der Waals surface area (Å²) >= 11 is 0. The van der Waals surface area contributed by atoms with E-state index in [1.165, 1.54) is 0 Å². The number of ether oxygens (including phenoxy) is 3. The number of rotatable bonds is 7. The maximum atomic E-state index is 13.8. The van der Waals surface area contributed by atoms with E-state index in [-0.39, 0.29) is 18.3 Å². The summed E-state index contributed by atoms with van der Waals surface area (Å²) in [7, 11) is 1.61. The molecule has 3 aliphatic rings. The Bertz CT molecular complexity index is 1460. The second-order valence-electron chi connectivity index (χ2n) is 10.6. The van der Waals surface area contributed by atoms with Gasteiger partial charge in [0.25, 0.3) is 0 Å². The lowest BCUT2D eigenvalue weighted by atomic mass is 9.72. The number of morpholine rings is 1. The van der Waals surface area contributed by atoms with Crippen LogP contribution < -0.4 is 15.0 Å². The summed E-state index contributed by atoms with van der Waals surface area (Å²) in [6.07, 6.45) is 2.59. The van der Waals surface area contributed by atoms with Gasteiger partial charge in [0, 0.05) is 54.0 Å². The Morgan fingerprint density at radius 1 is 1.02 bits per heavy atom. The molecule has 1 N–H and O–H groups in total. The molecule has 0 bridgehead atoms. The molecule has 41 heavy (non-hydrogen) atoms. The molecule has 1 saturated heterocycles. The average molecular weight is 555 g/mol. The number of dihydropyridines is 1. The van der Waals surface area contributed by atoms with Crippen LogP contribution in [0.25, 0.3) is 0 Å². The summed E-state index contributed by atoms with van der Waals surface area (Å²) in [4.78, 5) is 29.8. The van der Waals surface area contributed by atoms with E-state index in [2.05, 4.69) is 22.3 Å². The van der Waals surface area contributed by atoms with Crippen molar-refractivity contribution >= 4 is 17.4 Å². The van der Waals surface area contributed by atoms with Crippen molar-refractivity contribution < 1.29 is 28.2 Å². The molecule has 2 aromatic carbocycles. The SMILES string of the molecule is COc1ccc(COC(=O)C2=C(C)NC3=C(C(=O)C[C@@H](c4ccco4)C3)[C@H]2c2ccc(N3CCOCC3)cc2)cc1. The fraction of sp³-hybridized carbons (Fsp3) is 0.333. The summed E-state index contributed by atoms with van der Waals surface area (Å²) in [6, 6.07) is 19.4. The van der Waals surface area contributed by atoms with E-state index in [4.69, 9.17) is 18.6 Å². The zero-order chi connectivity index (χ0) is 28.3. The van der Waals surface area contributed by atoms with Crippen LogP contribution in [0, 0.1) is 0 Å². The Morgan fingerprint density at radius 2 is 1.78 bits per heavy atom. The second kappa shape index (κ2) is 11.7. The first kappa shape index (κ1) is 26.9. The molecule has 0 saturated carbocycles. The Kier molecular flexibility index (Phi) is 7.65. The van der Waals surface area contributed by atoms with Crippen molar-refractivity contribution in [3.05, 3.63) is 106 Å². The fourth-order valence-corrected chi connectivity index (χ4v) is 6.02. The van der Waals surface area contributed by atoms with Crippen LogP contribution in [0.15, 0.2) is 93.9 Å². The van der Waals surface area contributed by atoms with Crippen LogP contribution in [-0.4, -0.2) is 45.2 Å². The standard InChI is InChI=1S/C33H34N2O6/c1-21-30(33(37)41-20-22-5-11-26(38-2)12-6-22)31(23-7-9-25(10-8-23)35-13-16-39-17-14-35)32-27(34-21)18-24(19-28(32)36)29-4-3-15-40-29/h3-12,15,24,31,34H,13-14,16-20H2,1-2H3/t24-,31-/m0/s1. The molecule has 0 amide bonds. The smallest absolute Gasteiger partial charge is 0.337 e. The molecule has 1 aromatic heterocycles. The van der Waals surface area contributed by atoms with E-state index >= 15 is 0 Å². The highest BCUT2D eigenvalue weighted by Gasteiger charge is 2.42. The predicted molar refractivity (Wildman–Crippen MR) is 154 cm³/mol. The molecular weight excluding hydrogens is 520 g/mol. The minimum Gasteiger partial charge on any atom is -0.497 e. The number of anilines is 1. The molecule has 1 fully saturated rings. The largest absolute Gasteiger partial charge is 0.497 e. The van der Waals surface area contributed by atoms with E-state index in [0.29, 0.717) is 42.9 Å². The molecule has 3 heterocycles. The zero-order valence-corrected chi connectivity index (χ0v) is 23.4. The van der Waals surface area contributed by atoms with E-state index in [9.17, 15) is 9.59 Å².